The second-order valence-corrected chi connectivity index (χ2v) is 7.98. The van der Waals surface area contributed by atoms with Crippen molar-refractivity contribution < 1.29 is 14.0 Å². The van der Waals surface area contributed by atoms with Crippen molar-refractivity contribution in [1.29, 1.82) is 0 Å². The molecule has 2 amide bonds. The average molecular weight is 443 g/mol. The number of aromatic nitrogens is 2. The van der Waals surface area contributed by atoms with Gasteiger partial charge in [0.15, 0.2) is 5.58 Å². The molecule has 0 aliphatic carbocycles. The smallest absolute Gasteiger partial charge is 0.271 e. The summed E-state index contributed by atoms with van der Waals surface area (Å²) in [6.45, 7) is 0. The Kier molecular flexibility index (Phi) is 5.35. The molecule has 0 bridgehead atoms. The van der Waals surface area contributed by atoms with Crippen molar-refractivity contribution >= 4 is 45.6 Å². The van der Waals surface area contributed by atoms with Gasteiger partial charge in [0.1, 0.15) is 5.52 Å². The SMILES string of the molecule is O=C(NNC(=O)c1c[nH]c2ccccc12)c1ccccc1CSc1nc2ccccc2o1. The molecule has 0 radical (unpaired) electrons. The van der Waals surface area contributed by atoms with Crippen molar-refractivity contribution in [3.8, 4) is 0 Å². The van der Waals surface area contributed by atoms with Gasteiger partial charge in [-0.25, -0.2) is 4.98 Å². The van der Waals surface area contributed by atoms with Crippen LogP contribution in [-0.4, -0.2) is 21.8 Å². The lowest BCUT2D eigenvalue weighted by molar-refractivity contribution is 0.0847. The molecule has 0 saturated heterocycles. The molecule has 5 aromatic rings. The number of H-pyrrole nitrogens is 1. The Hall–Kier alpha value is -4.04. The van der Waals surface area contributed by atoms with E-state index in [-0.39, 0.29) is 0 Å². The molecule has 5 rings (SSSR count). The van der Waals surface area contributed by atoms with Crippen LogP contribution in [0.1, 0.15) is 26.3 Å². The first-order valence-electron chi connectivity index (χ1n) is 9.92. The molecule has 0 unspecified atom stereocenters. The van der Waals surface area contributed by atoms with E-state index in [1.807, 2.05) is 60.7 Å². The Labute approximate surface area is 187 Å². The predicted molar refractivity (Wildman–Crippen MR) is 123 cm³/mol. The summed E-state index contributed by atoms with van der Waals surface area (Å²) in [6.07, 6.45) is 1.62. The van der Waals surface area contributed by atoms with Gasteiger partial charge in [-0.3, -0.25) is 20.4 Å². The van der Waals surface area contributed by atoms with Crippen molar-refractivity contribution in [2.75, 3.05) is 0 Å². The highest BCUT2D eigenvalue weighted by Gasteiger charge is 2.16. The highest BCUT2D eigenvalue weighted by molar-refractivity contribution is 7.98. The van der Waals surface area contributed by atoms with Gasteiger partial charge in [-0.05, 0) is 29.8 Å². The van der Waals surface area contributed by atoms with E-state index in [1.54, 1.807) is 18.3 Å². The number of benzene rings is 3. The zero-order chi connectivity index (χ0) is 21.9. The van der Waals surface area contributed by atoms with Gasteiger partial charge in [-0.2, -0.15) is 0 Å². The van der Waals surface area contributed by atoms with Crippen molar-refractivity contribution in [1.82, 2.24) is 20.8 Å². The van der Waals surface area contributed by atoms with Gasteiger partial charge in [-0.15, -0.1) is 0 Å². The molecule has 158 valence electrons. The van der Waals surface area contributed by atoms with E-state index < -0.39 is 11.8 Å². The molecule has 0 aliphatic heterocycles. The molecular weight excluding hydrogens is 424 g/mol. The number of carbonyl (C=O) groups excluding carboxylic acids is 2. The first-order chi connectivity index (χ1) is 15.7. The highest BCUT2D eigenvalue weighted by atomic mass is 32.2. The van der Waals surface area contributed by atoms with E-state index >= 15 is 0 Å². The largest absolute Gasteiger partial charge is 0.431 e. The molecule has 32 heavy (non-hydrogen) atoms. The summed E-state index contributed by atoms with van der Waals surface area (Å²) >= 11 is 1.41. The normalized spacial score (nSPS) is 11.0. The summed E-state index contributed by atoms with van der Waals surface area (Å²) in [7, 11) is 0. The number of thioether (sulfide) groups is 1. The zero-order valence-electron chi connectivity index (χ0n) is 16.8. The minimum atomic E-state index is -0.396. The number of hydrazine groups is 1. The second kappa shape index (κ2) is 8.60. The van der Waals surface area contributed by atoms with Crippen LogP contribution in [0.3, 0.4) is 0 Å². The van der Waals surface area contributed by atoms with Crippen LogP contribution in [-0.2, 0) is 5.75 Å². The Balaban J connectivity index is 1.26. The van der Waals surface area contributed by atoms with E-state index in [2.05, 4.69) is 20.8 Å². The molecule has 0 aliphatic rings. The van der Waals surface area contributed by atoms with Crippen LogP contribution in [0.4, 0.5) is 0 Å². The topological polar surface area (TPSA) is 100 Å². The van der Waals surface area contributed by atoms with E-state index in [0.717, 1.165) is 27.6 Å². The van der Waals surface area contributed by atoms with Crippen LogP contribution in [0.25, 0.3) is 22.0 Å². The second-order valence-electron chi connectivity index (χ2n) is 7.05. The van der Waals surface area contributed by atoms with Crippen molar-refractivity contribution in [3.63, 3.8) is 0 Å². The van der Waals surface area contributed by atoms with Gasteiger partial charge < -0.3 is 9.40 Å². The predicted octanol–water partition coefficient (Wildman–Crippen LogP) is 4.68. The molecule has 2 heterocycles. The number of hydrogen-bond donors (Lipinski definition) is 3. The molecule has 0 fully saturated rings. The summed E-state index contributed by atoms with van der Waals surface area (Å²) in [6, 6.07) is 22.3. The quantitative estimate of drug-likeness (QED) is 0.271. The van der Waals surface area contributed by atoms with E-state index in [1.165, 1.54) is 11.8 Å². The average Bonchev–Trinajstić information content (AvgIpc) is 3.45. The fourth-order valence-electron chi connectivity index (χ4n) is 3.43. The van der Waals surface area contributed by atoms with Crippen molar-refractivity contribution in [2.24, 2.45) is 0 Å². The molecular formula is C24H18N4O3S. The number of nitrogens with zero attached hydrogens (tertiary/aromatic N) is 1. The van der Waals surface area contributed by atoms with Gasteiger partial charge in [0.25, 0.3) is 17.0 Å². The molecule has 3 N–H and O–H groups in total. The number of hydrogen-bond acceptors (Lipinski definition) is 5. The number of para-hydroxylation sites is 3. The maximum Gasteiger partial charge on any atom is 0.271 e. The van der Waals surface area contributed by atoms with Gasteiger partial charge >= 0.3 is 0 Å². The van der Waals surface area contributed by atoms with Crippen LogP contribution in [0, 0.1) is 0 Å². The zero-order valence-corrected chi connectivity index (χ0v) is 17.6. The molecule has 3 aromatic carbocycles. The molecule has 0 atom stereocenters. The maximum atomic E-state index is 12.8. The summed E-state index contributed by atoms with van der Waals surface area (Å²) in [5.41, 5.74) is 9.11. The minimum absolute atomic E-state index is 0.394. The van der Waals surface area contributed by atoms with E-state index in [4.69, 9.17) is 4.42 Å². The molecule has 2 aromatic heterocycles. The van der Waals surface area contributed by atoms with Crippen LogP contribution >= 0.6 is 11.8 Å². The van der Waals surface area contributed by atoms with Crippen LogP contribution < -0.4 is 10.9 Å². The molecule has 0 saturated carbocycles. The Bertz CT molecular complexity index is 1410. The molecule has 0 spiro atoms. The first-order valence-corrected chi connectivity index (χ1v) is 10.9. The fourth-order valence-corrected chi connectivity index (χ4v) is 4.27. The first kappa shape index (κ1) is 19.9. The van der Waals surface area contributed by atoms with E-state index in [9.17, 15) is 9.59 Å². The number of aromatic amines is 1. The number of carbonyl (C=O) groups is 2. The minimum Gasteiger partial charge on any atom is -0.431 e. The Morgan fingerprint density at radius 1 is 0.875 bits per heavy atom. The number of fused-ring (bicyclic) bond motifs is 2. The summed E-state index contributed by atoms with van der Waals surface area (Å²) in [5, 5.41) is 1.32. The van der Waals surface area contributed by atoms with Crippen molar-refractivity contribution in [2.45, 2.75) is 11.0 Å². The Morgan fingerprint density at radius 3 is 2.47 bits per heavy atom. The molecule has 8 heteroatoms. The van der Waals surface area contributed by atoms with Crippen molar-refractivity contribution in [3.05, 3.63) is 95.7 Å². The highest BCUT2D eigenvalue weighted by Crippen LogP contribution is 2.27. The lowest BCUT2D eigenvalue weighted by atomic mass is 10.1. The summed E-state index contributed by atoms with van der Waals surface area (Å²) in [4.78, 5) is 32.8. The molecule has 7 nitrogen and oxygen atoms in total. The summed E-state index contributed by atoms with van der Waals surface area (Å²) < 4.78 is 5.74. The van der Waals surface area contributed by atoms with E-state index in [0.29, 0.717) is 22.1 Å². The number of amides is 2. The van der Waals surface area contributed by atoms with Gasteiger partial charge in [0.2, 0.25) is 0 Å². The van der Waals surface area contributed by atoms with Gasteiger partial charge in [0, 0.05) is 28.4 Å². The van der Waals surface area contributed by atoms with Gasteiger partial charge in [-0.1, -0.05) is 60.3 Å². The van der Waals surface area contributed by atoms with Crippen LogP contribution in [0.15, 0.2) is 88.6 Å². The third-order valence-electron chi connectivity index (χ3n) is 5.01. The third kappa shape index (κ3) is 3.95. The lowest BCUT2D eigenvalue weighted by Crippen LogP contribution is -2.41. The van der Waals surface area contributed by atoms with Gasteiger partial charge in [0.05, 0.1) is 5.56 Å². The maximum absolute atomic E-state index is 12.8. The lowest BCUT2D eigenvalue weighted by Gasteiger charge is -2.10. The number of rotatable bonds is 5. The number of nitrogens with one attached hydrogen (secondary N) is 3. The summed E-state index contributed by atoms with van der Waals surface area (Å²) in [5.74, 6) is -0.298. The number of oxazole rings is 1. The van der Waals surface area contributed by atoms with Crippen LogP contribution in [0.5, 0.6) is 0 Å². The third-order valence-corrected chi connectivity index (χ3v) is 5.89. The Morgan fingerprint density at radius 2 is 1.59 bits per heavy atom. The standard InChI is InChI=1S/C24H18N4O3S/c29-22(27-28-23(30)18-13-25-19-10-4-3-9-17(18)19)16-8-2-1-7-15(16)14-32-24-26-20-11-5-6-12-21(20)31-24/h1-13,25H,14H2,(H,27,29)(H,28,30). The fraction of sp³-hybridized carbons (Fsp3) is 0.0417. The van der Waals surface area contributed by atoms with Crippen LogP contribution in [0.2, 0.25) is 0 Å². The monoisotopic (exact) mass is 442 g/mol.